The number of aryl methyl sites for hydroxylation is 1. The summed E-state index contributed by atoms with van der Waals surface area (Å²) in [6.45, 7) is 1.98. The van der Waals surface area contributed by atoms with Crippen molar-refractivity contribution in [2.45, 2.75) is 13.0 Å². The number of pyridine rings is 1. The van der Waals surface area contributed by atoms with Crippen LogP contribution in [0.15, 0.2) is 41.1 Å². The molecule has 0 saturated carbocycles. The number of nitrogens with two attached hydrogens (primary N) is 1. The van der Waals surface area contributed by atoms with E-state index in [4.69, 9.17) is 5.84 Å². The van der Waals surface area contributed by atoms with Gasteiger partial charge in [0.25, 0.3) is 0 Å². The van der Waals surface area contributed by atoms with Crippen LogP contribution in [0.1, 0.15) is 22.7 Å². The largest absolute Gasteiger partial charge is 0.271 e. The molecule has 0 aliphatic rings. The first-order valence-corrected chi connectivity index (χ1v) is 6.23. The lowest BCUT2D eigenvalue weighted by molar-refractivity contribution is 0.596. The second kappa shape index (κ2) is 5.56. The van der Waals surface area contributed by atoms with Gasteiger partial charge in [0.1, 0.15) is 5.82 Å². The van der Waals surface area contributed by atoms with Crippen LogP contribution < -0.4 is 11.3 Å². The Morgan fingerprint density at radius 2 is 2.11 bits per heavy atom. The van der Waals surface area contributed by atoms with Gasteiger partial charge in [0.2, 0.25) is 0 Å². The van der Waals surface area contributed by atoms with Crippen molar-refractivity contribution in [3.8, 4) is 0 Å². The van der Waals surface area contributed by atoms with Gasteiger partial charge in [-0.2, -0.15) is 0 Å². The molecule has 0 spiro atoms. The van der Waals surface area contributed by atoms with E-state index in [1.54, 1.807) is 6.20 Å². The van der Waals surface area contributed by atoms with Crippen molar-refractivity contribution in [1.29, 1.82) is 0 Å². The van der Waals surface area contributed by atoms with Crippen LogP contribution in [-0.4, -0.2) is 4.98 Å². The topological polar surface area (TPSA) is 50.9 Å². The first kappa shape index (κ1) is 13.1. The molecule has 0 fully saturated rings. The second-order valence-corrected chi connectivity index (χ2v) is 4.95. The third-order valence-electron chi connectivity index (χ3n) is 2.78. The fourth-order valence-corrected chi connectivity index (χ4v) is 2.25. The van der Waals surface area contributed by atoms with Gasteiger partial charge >= 0.3 is 0 Å². The molecule has 1 aromatic carbocycles. The Bertz CT molecular complexity index is 560. The lowest BCUT2D eigenvalue weighted by atomic mass is 9.97. The second-order valence-electron chi connectivity index (χ2n) is 4.04. The van der Waals surface area contributed by atoms with Gasteiger partial charge in [0.15, 0.2) is 0 Å². The molecule has 5 heteroatoms. The third kappa shape index (κ3) is 2.75. The molecule has 1 atom stereocenters. The van der Waals surface area contributed by atoms with Crippen molar-refractivity contribution in [2.75, 3.05) is 0 Å². The maximum Gasteiger partial charge on any atom is 0.141 e. The van der Waals surface area contributed by atoms with E-state index in [1.165, 1.54) is 12.3 Å². The normalized spacial score (nSPS) is 12.4. The molecular weight excluding hydrogens is 297 g/mol. The Hall–Kier alpha value is -1.30. The molecule has 3 nitrogen and oxygen atoms in total. The van der Waals surface area contributed by atoms with Crippen LogP contribution in [0.3, 0.4) is 0 Å². The van der Waals surface area contributed by atoms with E-state index in [0.717, 1.165) is 15.6 Å². The van der Waals surface area contributed by atoms with Crippen LogP contribution >= 0.6 is 15.9 Å². The van der Waals surface area contributed by atoms with Crippen molar-refractivity contribution in [2.24, 2.45) is 5.84 Å². The summed E-state index contributed by atoms with van der Waals surface area (Å²) >= 11 is 3.42. The average molecular weight is 310 g/mol. The fourth-order valence-electron chi connectivity index (χ4n) is 1.87. The van der Waals surface area contributed by atoms with Crippen molar-refractivity contribution in [1.82, 2.24) is 10.4 Å². The van der Waals surface area contributed by atoms with E-state index in [1.807, 2.05) is 25.1 Å². The number of nitrogens with zero attached hydrogens (tertiary/aromatic N) is 1. The van der Waals surface area contributed by atoms with Gasteiger partial charge in [-0.3, -0.25) is 10.8 Å². The predicted octanol–water partition coefficient (Wildman–Crippen LogP) is 2.84. The summed E-state index contributed by atoms with van der Waals surface area (Å²) in [4.78, 5) is 3.85. The van der Waals surface area contributed by atoms with Gasteiger partial charge < -0.3 is 0 Å². The first-order valence-electron chi connectivity index (χ1n) is 5.44. The van der Waals surface area contributed by atoms with Crippen molar-refractivity contribution >= 4 is 15.9 Å². The molecule has 2 aromatic rings. The summed E-state index contributed by atoms with van der Waals surface area (Å²) in [6, 6.07) is 7.04. The molecule has 94 valence electrons. The highest BCUT2D eigenvalue weighted by atomic mass is 79.9. The highest BCUT2D eigenvalue weighted by molar-refractivity contribution is 9.10. The van der Waals surface area contributed by atoms with Gasteiger partial charge in [-0.1, -0.05) is 22.0 Å². The molecule has 3 N–H and O–H groups in total. The van der Waals surface area contributed by atoms with E-state index >= 15 is 0 Å². The zero-order valence-electron chi connectivity index (χ0n) is 9.82. The van der Waals surface area contributed by atoms with Crippen LogP contribution in [0.2, 0.25) is 0 Å². The number of benzene rings is 1. The van der Waals surface area contributed by atoms with Gasteiger partial charge in [-0.05, 0) is 41.8 Å². The number of rotatable bonds is 3. The molecule has 0 amide bonds. The molecule has 0 aliphatic heterocycles. The maximum absolute atomic E-state index is 13.2. The van der Waals surface area contributed by atoms with Crippen LogP contribution in [0.4, 0.5) is 4.39 Å². The zero-order valence-corrected chi connectivity index (χ0v) is 11.4. The quantitative estimate of drug-likeness (QED) is 0.677. The van der Waals surface area contributed by atoms with Crippen LogP contribution in [0.5, 0.6) is 0 Å². The minimum absolute atomic E-state index is 0.286. The Morgan fingerprint density at radius 3 is 2.78 bits per heavy atom. The van der Waals surface area contributed by atoms with Crippen LogP contribution in [-0.2, 0) is 0 Å². The van der Waals surface area contributed by atoms with Gasteiger partial charge in [0.05, 0.1) is 12.2 Å². The minimum Gasteiger partial charge on any atom is -0.271 e. The van der Waals surface area contributed by atoms with E-state index in [-0.39, 0.29) is 11.9 Å². The zero-order chi connectivity index (χ0) is 13.1. The molecule has 0 aliphatic carbocycles. The monoisotopic (exact) mass is 309 g/mol. The van der Waals surface area contributed by atoms with Crippen LogP contribution in [0, 0.1) is 12.7 Å². The molecule has 0 radical (unpaired) electrons. The summed E-state index contributed by atoms with van der Waals surface area (Å²) in [7, 11) is 0. The number of hydrogen-bond donors (Lipinski definition) is 2. The number of nitrogens with one attached hydrogen (secondary N) is 1. The number of hydrazine groups is 1. The lowest BCUT2D eigenvalue weighted by Gasteiger charge is -2.19. The van der Waals surface area contributed by atoms with E-state index < -0.39 is 0 Å². The molecule has 0 bridgehead atoms. The molecular formula is C13H13BrFN3. The molecule has 18 heavy (non-hydrogen) atoms. The Balaban J connectivity index is 2.48. The van der Waals surface area contributed by atoms with E-state index in [0.29, 0.717) is 5.56 Å². The number of aromatic nitrogens is 1. The Kier molecular flexibility index (Phi) is 4.06. The van der Waals surface area contributed by atoms with E-state index in [9.17, 15) is 4.39 Å². The molecule has 0 saturated heterocycles. The Morgan fingerprint density at radius 1 is 1.33 bits per heavy atom. The Labute approximate surface area is 113 Å². The van der Waals surface area contributed by atoms with Gasteiger partial charge in [0, 0.05) is 10.7 Å². The maximum atomic E-state index is 13.2. The number of hydrogen-bond acceptors (Lipinski definition) is 3. The van der Waals surface area contributed by atoms with Crippen molar-refractivity contribution < 1.29 is 4.39 Å². The van der Waals surface area contributed by atoms with Gasteiger partial charge in [-0.15, -0.1) is 0 Å². The van der Waals surface area contributed by atoms with Crippen molar-refractivity contribution in [3.05, 3.63) is 63.6 Å². The number of halogens is 2. The average Bonchev–Trinajstić information content (AvgIpc) is 2.35. The summed E-state index contributed by atoms with van der Waals surface area (Å²) in [5, 5.41) is 0. The smallest absolute Gasteiger partial charge is 0.141 e. The summed E-state index contributed by atoms with van der Waals surface area (Å²) < 4.78 is 14.2. The molecule has 1 unspecified atom stereocenters. The summed E-state index contributed by atoms with van der Waals surface area (Å²) in [5.74, 6) is 5.22. The van der Waals surface area contributed by atoms with E-state index in [2.05, 4.69) is 26.3 Å². The van der Waals surface area contributed by atoms with Crippen molar-refractivity contribution in [3.63, 3.8) is 0 Å². The summed E-state index contributed by atoms with van der Waals surface area (Å²) in [5.41, 5.74) is 5.46. The highest BCUT2D eigenvalue weighted by Crippen LogP contribution is 2.26. The molecule has 1 aromatic heterocycles. The van der Waals surface area contributed by atoms with Crippen LogP contribution in [0.25, 0.3) is 0 Å². The fraction of sp³-hybridized carbons (Fsp3) is 0.154. The predicted molar refractivity (Wildman–Crippen MR) is 72.2 cm³/mol. The standard InChI is InChI=1S/C13H13BrFN3/c1-8-2-3-10(14)5-12(8)13(18-16)9-4-11(15)7-17-6-9/h2-7,13,18H,16H2,1H3. The lowest BCUT2D eigenvalue weighted by Crippen LogP contribution is -2.29. The highest BCUT2D eigenvalue weighted by Gasteiger charge is 2.16. The SMILES string of the molecule is Cc1ccc(Br)cc1C(NN)c1cncc(F)c1. The minimum atomic E-state index is -0.375. The van der Waals surface area contributed by atoms with Gasteiger partial charge in [-0.25, -0.2) is 9.82 Å². The summed E-state index contributed by atoms with van der Waals surface area (Å²) in [6.07, 6.45) is 2.78. The third-order valence-corrected chi connectivity index (χ3v) is 3.27. The molecule has 2 rings (SSSR count). The first-order chi connectivity index (χ1) is 8.61. The molecule has 1 heterocycles.